The zero-order valence-electron chi connectivity index (χ0n) is 20.3. The van der Waals surface area contributed by atoms with E-state index in [9.17, 15) is 18.0 Å². The number of rotatable bonds is 5. The quantitative estimate of drug-likeness (QED) is 0.299. The average Bonchev–Trinajstić information content (AvgIpc) is 2.86. The fraction of sp³-hybridized carbons (Fsp3) is 0.333. The summed E-state index contributed by atoms with van der Waals surface area (Å²) in [5, 5.41) is 0.408. The molecule has 0 spiro atoms. The van der Waals surface area contributed by atoms with Crippen LogP contribution in [-0.2, 0) is 19.7 Å². The van der Waals surface area contributed by atoms with E-state index in [1.165, 1.54) is 31.4 Å². The predicted octanol–water partition coefficient (Wildman–Crippen LogP) is 5.76. The molecule has 5 rings (SSSR count). The summed E-state index contributed by atoms with van der Waals surface area (Å²) in [7, 11) is -0.788. The molecular formula is C27H25ClINO6S. The number of Topliss-reactive ketones (excluding diaryl/α,β-unsaturated/α-hetero) is 2. The second-order valence-electron chi connectivity index (χ2n) is 9.29. The normalized spacial score (nSPS) is 18.6. The molecule has 10 heteroatoms. The molecule has 37 heavy (non-hydrogen) atoms. The van der Waals surface area contributed by atoms with Gasteiger partial charge in [-0.1, -0.05) is 11.6 Å². The zero-order chi connectivity index (χ0) is 26.5. The summed E-state index contributed by atoms with van der Waals surface area (Å²) in [6.45, 7) is 0. The van der Waals surface area contributed by atoms with Gasteiger partial charge >= 0.3 is 10.1 Å². The predicted molar refractivity (Wildman–Crippen MR) is 147 cm³/mol. The number of hydrogen-bond acceptors (Lipinski definition) is 7. The summed E-state index contributed by atoms with van der Waals surface area (Å²) in [5.74, 6) is -0.186. The van der Waals surface area contributed by atoms with Crippen molar-refractivity contribution in [1.29, 1.82) is 0 Å². The van der Waals surface area contributed by atoms with Gasteiger partial charge in [0.25, 0.3) is 0 Å². The van der Waals surface area contributed by atoms with Crippen LogP contribution in [0.5, 0.6) is 11.5 Å². The number of methoxy groups -OCH3 is 1. The molecule has 2 aliphatic carbocycles. The number of benzene rings is 2. The molecule has 0 unspecified atom stereocenters. The largest absolute Gasteiger partial charge is 0.493 e. The number of carbonyl (C=O) groups excluding carboxylic acids is 2. The van der Waals surface area contributed by atoms with E-state index in [-0.39, 0.29) is 28.0 Å². The molecule has 0 aromatic heterocycles. The van der Waals surface area contributed by atoms with E-state index in [2.05, 4.69) is 0 Å². The van der Waals surface area contributed by atoms with Gasteiger partial charge in [-0.3, -0.25) is 9.59 Å². The summed E-state index contributed by atoms with van der Waals surface area (Å²) in [6, 6.07) is 9.16. The molecule has 0 fully saturated rings. The van der Waals surface area contributed by atoms with E-state index in [0.717, 1.165) is 37.1 Å². The van der Waals surface area contributed by atoms with Crippen molar-refractivity contribution in [3.05, 3.63) is 73.1 Å². The summed E-state index contributed by atoms with van der Waals surface area (Å²) >= 11 is 7.90. The Balaban J connectivity index is 1.63. The third kappa shape index (κ3) is 4.70. The lowest BCUT2D eigenvalue weighted by atomic mass is 9.71. The summed E-state index contributed by atoms with van der Waals surface area (Å²) < 4.78 is 37.6. The Kier molecular flexibility index (Phi) is 7.14. The van der Waals surface area contributed by atoms with Crippen molar-refractivity contribution in [3.63, 3.8) is 0 Å². The van der Waals surface area contributed by atoms with Crippen molar-refractivity contribution in [3.8, 4) is 11.5 Å². The van der Waals surface area contributed by atoms with Crippen LogP contribution in [0, 0.1) is 3.57 Å². The first-order valence-electron chi connectivity index (χ1n) is 12.0. The molecule has 194 valence electrons. The minimum absolute atomic E-state index is 0.0423. The maximum atomic E-state index is 13.2. The Hall–Kier alpha value is -2.37. The van der Waals surface area contributed by atoms with E-state index < -0.39 is 16.0 Å². The van der Waals surface area contributed by atoms with E-state index in [1.807, 2.05) is 34.5 Å². The molecule has 0 saturated heterocycles. The number of halogens is 2. The molecule has 3 aliphatic rings. The molecule has 1 heterocycles. The van der Waals surface area contributed by atoms with Crippen molar-refractivity contribution in [2.75, 3.05) is 14.2 Å². The molecule has 0 N–H and O–H groups in total. The van der Waals surface area contributed by atoms with Gasteiger partial charge in [0.1, 0.15) is 4.90 Å². The fourth-order valence-corrected chi connectivity index (χ4v) is 7.40. The third-order valence-electron chi connectivity index (χ3n) is 7.13. The Morgan fingerprint density at radius 3 is 2.05 bits per heavy atom. The molecule has 0 saturated carbocycles. The van der Waals surface area contributed by atoms with Crippen molar-refractivity contribution < 1.29 is 26.9 Å². The van der Waals surface area contributed by atoms with Gasteiger partial charge < -0.3 is 13.8 Å². The molecule has 2 aromatic carbocycles. The van der Waals surface area contributed by atoms with Gasteiger partial charge in [0.15, 0.2) is 23.1 Å². The van der Waals surface area contributed by atoms with Crippen LogP contribution < -0.4 is 8.92 Å². The number of nitrogens with zero attached hydrogens (tertiary/aromatic N) is 1. The van der Waals surface area contributed by atoms with E-state index in [0.29, 0.717) is 38.1 Å². The first-order valence-corrected chi connectivity index (χ1v) is 14.8. The lowest BCUT2D eigenvalue weighted by Gasteiger charge is -2.42. The van der Waals surface area contributed by atoms with E-state index in [4.69, 9.17) is 20.5 Å². The highest BCUT2D eigenvalue weighted by Crippen LogP contribution is 2.50. The highest BCUT2D eigenvalue weighted by atomic mass is 127. The second kappa shape index (κ2) is 10.1. The first-order chi connectivity index (χ1) is 17.6. The highest BCUT2D eigenvalue weighted by Gasteiger charge is 2.42. The molecule has 0 amide bonds. The number of ether oxygens (including phenoxy) is 1. The van der Waals surface area contributed by atoms with Crippen molar-refractivity contribution >= 4 is 55.9 Å². The molecule has 0 atom stereocenters. The molecule has 0 bridgehead atoms. The SMILES string of the molecule is COc1cc(C2C3=C(CCCC3=O)N(C)C3=C2C(=O)CCC3)cc(I)c1OS(=O)(=O)c1ccc(Cl)cc1. The Bertz CT molecular complexity index is 1430. The number of ketones is 2. The number of hydrogen-bond donors (Lipinski definition) is 0. The zero-order valence-corrected chi connectivity index (χ0v) is 24.1. The topological polar surface area (TPSA) is 90.0 Å². The summed E-state index contributed by atoms with van der Waals surface area (Å²) in [5.41, 5.74) is 3.95. The van der Waals surface area contributed by atoms with Gasteiger partial charge in [0, 0.05) is 53.4 Å². The number of carbonyl (C=O) groups is 2. The van der Waals surface area contributed by atoms with Crippen LogP contribution in [-0.4, -0.2) is 39.0 Å². The monoisotopic (exact) mass is 653 g/mol. The molecular weight excluding hydrogens is 629 g/mol. The Labute approximate surface area is 234 Å². The van der Waals surface area contributed by atoms with Gasteiger partial charge in [-0.15, -0.1) is 0 Å². The minimum Gasteiger partial charge on any atom is -0.493 e. The Morgan fingerprint density at radius 1 is 0.946 bits per heavy atom. The lowest BCUT2D eigenvalue weighted by molar-refractivity contribution is -0.117. The summed E-state index contributed by atoms with van der Waals surface area (Å²) in [4.78, 5) is 28.5. The van der Waals surface area contributed by atoms with Gasteiger partial charge in [-0.2, -0.15) is 8.42 Å². The second-order valence-corrected chi connectivity index (χ2v) is 12.4. The van der Waals surface area contributed by atoms with Crippen LogP contribution in [0.3, 0.4) is 0 Å². The third-order valence-corrected chi connectivity index (χ3v) is 9.41. The first kappa shape index (κ1) is 26.2. The lowest BCUT2D eigenvalue weighted by Crippen LogP contribution is -2.37. The highest BCUT2D eigenvalue weighted by molar-refractivity contribution is 14.1. The maximum Gasteiger partial charge on any atom is 0.339 e. The van der Waals surface area contributed by atoms with Crippen LogP contribution >= 0.6 is 34.2 Å². The molecule has 7 nitrogen and oxygen atoms in total. The van der Waals surface area contributed by atoms with Crippen LogP contribution in [0.2, 0.25) is 5.02 Å². The minimum atomic E-state index is -4.16. The van der Waals surface area contributed by atoms with Crippen LogP contribution in [0.1, 0.15) is 50.0 Å². The van der Waals surface area contributed by atoms with Gasteiger partial charge in [0.2, 0.25) is 0 Å². The van der Waals surface area contributed by atoms with E-state index in [1.54, 1.807) is 12.1 Å². The van der Waals surface area contributed by atoms with Crippen molar-refractivity contribution in [1.82, 2.24) is 4.90 Å². The van der Waals surface area contributed by atoms with Crippen molar-refractivity contribution in [2.24, 2.45) is 0 Å². The smallest absolute Gasteiger partial charge is 0.339 e. The standard InChI is InChI=1S/C27H25ClINO6S/c1-30-19-5-3-7-21(31)25(19)24(26-20(30)6-4-8-22(26)32)15-13-18(29)27(23(14-15)35-2)36-37(33,34)17-11-9-16(28)10-12-17/h9-14,24H,3-8H2,1-2H3. The molecule has 1 aliphatic heterocycles. The van der Waals surface area contributed by atoms with Gasteiger partial charge in [-0.25, -0.2) is 0 Å². The fourth-order valence-electron chi connectivity index (χ4n) is 5.43. The molecule has 0 radical (unpaired) electrons. The van der Waals surface area contributed by atoms with Gasteiger partial charge in [0.05, 0.1) is 10.7 Å². The average molecular weight is 654 g/mol. The van der Waals surface area contributed by atoms with Crippen molar-refractivity contribution in [2.45, 2.75) is 49.3 Å². The van der Waals surface area contributed by atoms with Crippen LogP contribution in [0.25, 0.3) is 0 Å². The van der Waals surface area contributed by atoms with Crippen LogP contribution in [0.4, 0.5) is 0 Å². The summed E-state index contributed by atoms with van der Waals surface area (Å²) in [6.07, 6.45) is 3.98. The van der Waals surface area contributed by atoms with Gasteiger partial charge in [-0.05, 0) is 90.2 Å². The molecule has 2 aromatic rings. The Morgan fingerprint density at radius 2 is 1.51 bits per heavy atom. The number of allylic oxidation sites excluding steroid dienone is 4. The maximum absolute atomic E-state index is 13.2. The van der Waals surface area contributed by atoms with E-state index >= 15 is 0 Å². The van der Waals surface area contributed by atoms with Crippen LogP contribution in [0.15, 0.2) is 63.8 Å².